The van der Waals surface area contributed by atoms with Gasteiger partial charge in [0.2, 0.25) is 0 Å². The van der Waals surface area contributed by atoms with Crippen LogP contribution in [0, 0.1) is 5.82 Å². The maximum absolute atomic E-state index is 13.0. The summed E-state index contributed by atoms with van der Waals surface area (Å²) in [6.45, 7) is 0. The Hall–Kier alpha value is -2.16. The molecular weight excluding hydrogens is 243 g/mol. The quantitative estimate of drug-likeness (QED) is 0.821. The van der Waals surface area contributed by atoms with E-state index in [1.165, 1.54) is 12.1 Å². The van der Waals surface area contributed by atoms with Crippen LogP contribution in [0.15, 0.2) is 42.5 Å². The minimum absolute atomic E-state index is 0.0222. The molecule has 0 saturated carbocycles. The summed E-state index contributed by atoms with van der Waals surface area (Å²) in [5, 5.41) is 0. The van der Waals surface area contributed by atoms with Gasteiger partial charge in [-0.3, -0.25) is 4.79 Å². The molecule has 0 aliphatic heterocycles. The molecule has 2 aromatic carbocycles. The smallest absolute Gasteiger partial charge is 0.164 e. The second-order valence-electron chi connectivity index (χ2n) is 4.68. The van der Waals surface area contributed by atoms with Gasteiger partial charge in [0.15, 0.2) is 5.78 Å². The van der Waals surface area contributed by atoms with Crippen LogP contribution in [-0.4, -0.2) is 12.9 Å². The molecule has 0 aromatic heterocycles. The fourth-order valence-corrected chi connectivity index (χ4v) is 2.61. The lowest BCUT2D eigenvalue weighted by Gasteiger charge is -2.11. The van der Waals surface area contributed by atoms with E-state index in [-0.39, 0.29) is 17.5 Å². The van der Waals surface area contributed by atoms with Crippen molar-refractivity contribution < 1.29 is 13.9 Å². The van der Waals surface area contributed by atoms with Crippen LogP contribution in [0.4, 0.5) is 4.39 Å². The van der Waals surface area contributed by atoms with E-state index in [1.54, 1.807) is 25.3 Å². The van der Waals surface area contributed by atoms with E-state index in [0.717, 1.165) is 11.1 Å². The predicted molar refractivity (Wildman–Crippen MR) is 70.2 cm³/mol. The van der Waals surface area contributed by atoms with E-state index >= 15 is 0 Å². The molecule has 0 N–H and O–H groups in total. The predicted octanol–water partition coefficient (Wildman–Crippen LogP) is 3.55. The van der Waals surface area contributed by atoms with Crippen LogP contribution in [0.2, 0.25) is 0 Å². The highest BCUT2D eigenvalue weighted by Gasteiger charge is 2.30. The number of rotatable bonds is 2. The summed E-state index contributed by atoms with van der Waals surface area (Å²) in [4.78, 5) is 12.1. The molecule has 96 valence electrons. The van der Waals surface area contributed by atoms with Crippen molar-refractivity contribution in [2.24, 2.45) is 0 Å². The Morgan fingerprint density at radius 3 is 2.58 bits per heavy atom. The average Bonchev–Trinajstić information content (AvgIpc) is 2.76. The van der Waals surface area contributed by atoms with Crippen LogP contribution in [0.5, 0.6) is 5.75 Å². The van der Waals surface area contributed by atoms with Gasteiger partial charge in [-0.2, -0.15) is 0 Å². The van der Waals surface area contributed by atoms with Crippen LogP contribution < -0.4 is 4.74 Å². The first kappa shape index (κ1) is 11.9. The molecule has 0 bridgehead atoms. The average molecular weight is 256 g/mol. The molecule has 19 heavy (non-hydrogen) atoms. The van der Waals surface area contributed by atoms with Crippen molar-refractivity contribution >= 4 is 5.78 Å². The third-order valence-corrected chi connectivity index (χ3v) is 3.60. The van der Waals surface area contributed by atoms with Crippen molar-refractivity contribution in [3.05, 3.63) is 65.0 Å². The Morgan fingerprint density at radius 1 is 1.16 bits per heavy atom. The molecule has 0 heterocycles. The number of ketones is 1. The number of carbonyl (C=O) groups excluding carboxylic acids is 1. The van der Waals surface area contributed by atoms with E-state index in [0.29, 0.717) is 17.7 Å². The van der Waals surface area contributed by atoms with Crippen LogP contribution in [-0.2, 0) is 0 Å². The monoisotopic (exact) mass is 256 g/mol. The van der Waals surface area contributed by atoms with Crippen molar-refractivity contribution in [3.63, 3.8) is 0 Å². The van der Waals surface area contributed by atoms with Gasteiger partial charge in [0.05, 0.1) is 7.11 Å². The molecular formula is C16H13FO2. The highest BCUT2D eigenvalue weighted by molar-refractivity contribution is 6.02. The summed E-state index contributed by atoms with van der Waals surface area (Å²) < 4.78 is 18.1. The highest BCUT2D eigenvalue weighted by Crippen LogP contribution is 2.39. The standard InChI is InChI=1S/C16H13FO2/c1-19-12-6-7-13-14(9-16(18)15(13)8-12)10-2-4-11(17)5-3-10/h2-8,14H,9H2,1H3. The van der Waals surface area contributed by atoms with Crippen LogP contribution in [0.3, 0.4) is 0 Å². The number of hydrogen-bond acceptors (Lipinski definition) is 2. The minimum atomic E-state index is -0.261. The molecule has 1 atom stereocenters. The number of methoxy groups -OCH3 is 1. The van der Waals surface area contributed by atoms with Gasteiger partial charge in [0, 0.05) is 17.9 Å². The van der Waals surface area contributed by atoms with Crippen molar-refractivity contribution in [3.8, 4) is 5.75 Å². The topological polar surface area (TPSA) is 26.3 Å². The zero-order chi connectivity index (χ0) is 13.4. The number of carbonyl (C=O) groups is 1. The lowest BCUT2D eigenvalue weighted by atomic mass is 9.93. The van der Waals surface area contributed by atoms with Crippen LogP contribution in [0.25, 0.3) is 0 Å². The number of benzene rings is 2. The van der Waals surface area contributed by atoms with Crippen molar-refractivity contribution in [2.45, 2.75) is 12.3 Å². The van der Waals surface area contributed by atoms with Gasteiger partial charge in [0.1, 0.15) is 11.6 Å². The van der Waals surface area contributed by atoms with Gasteiger partial charge in [-0.05, 0) is 35.4 Å². The summed E-state index contributed by atoms with van der Waals surface area (Å²) in [6.07, 6.45) is 0.439. The molecule has 0 spiro atoms. The summed E-state index contributed by atoms with van der Waals surface area (Å²) in [5.41, 5.74) is 2.68. The minimum Gasteiger partial charge on any atom is -0.497 e. The van der Waals surface area contributed by atoms with Gasteiger partial charge in [-0.15, -0.1) is 0 Å². The fraction of sp³-hybridized carbons (Fsp3) is 0.188. The third kappa shape index (κ3) is 2.01. The second kappa shape index (κ2) is 4.50. The van der Waals surface area contributed by atoms with Crippen molar-refractivity contribution in [2.75, 3.05) is 7.11 Å². The van der Waals surface area contributed by atoms with Gasteiger partial charge in [-0.25, -0.2) is 4.39 Å². The molecule has 2 aromatic rings. The summed E-state index contributed by atoms with van der Waals surface area (Å²) in [7, 11) is 1.58. The Balaban J connectivity index is 2.04. The maximum Gasteiger partial charge on any atom is 0.164 e. The van der Waals surface area contributed by atoms with Gasteiger partial charge in [-0.1, -0.05) is 18.2 Å². The van der Waals surface area contributed by atoms with Crippen LogP contribution >= 0.6 is 0 Å². The summed E-state index contributed by atoms with van der Waals surface area (Å²) in [5.74, 6) is 0.562. The van der Waals surface area contributed by atoms with Crippen molar-refractivity contribution in [1.82, 2.24) is 0 Å². The number of Topliss-reactive ketones (excluding diaryl/α,β-unsaturated/α-hetero) is 1. The SMILES string of the molecule is COc1ccc2c(c1)C(=O)CC2c1ccc(F)cc1. The normalized spacial score (nSPS) is 17.4. The Kier molecular flexibility index (Phi) is 2.82. The Bertz CT molecular complexity index is 632. The zero-order valence-electron chi connectivity index (χ0n) is 10.5. The molecule has 0 fully saturated rings. The number of hydrogen-bond donors (Lipinski definition) is 0. The van der Waals surface area contributed by atoms with E-state index in [4.69, 9.17) is 4.74 Å². The van der Waals surface area contributed by atoms with E-state index in [1.807, 2.05) is 12.1 Å². The molecule has 3 rings (SSSR count). The first-order chi connectivity index (χ1) is 9.19. The number of fused-ring (bicyclic) bond motifs is 1. The van der Waals surface area contributed by atoms with Gasteiger partial charge in [0.25, 0.3) is 0 Å². The lowest BCUT2D eigenvalue weighted by Crippen LogP contribution is -1.96. The Labute approximate surface area is 110 Å². The lowest BCUT2D eigenvalue weighted by molar-refractivity contribution is 0.0991. The maximum atomic E-state index is 13.0. The summed E-state index contributed by atoms with van der Waals surface area (Å²) >= 11 is 0. The highest BCUT2D eigenvalue weighted by atomic mass is 19.1. The molecule has 0 radical (unpaired) electrons. The summed E-state index contributed by atoms with van der Waals surface area (Å²) in [6, 6.07) is 11.9. The van der Waals surface area contributed by atoms with Crippen molar-refractivity contribution in [1.29, 1.82) is 0 Å². The van der Waals surface area contributed by atoms with E-state index in [9.17, 15) is 9.18 Å². The fourth-order valence-electron chi connectivity index (χ4n) is 2.61. The first-order valence-corrected chi connectivity index (χ1v) is 6.15. The van der Waals surface area contributed by atoms with E-state index in [2.05, 4.69) is 0 Å². The molecule has 1 aliphatic rings. The molecule has 0 saturated heterocycles. The molecule has 1 unspecified atom stereocenters. The number of halogens is 1. The largest absolute Gasteiger partial charge is 0.497 e. The van der Waals surface area contributed by atoms with Gasteiger partial charge >= 0.3 is 0 Å². The molecule has 3 heteroatoms. The zero-order valence-corrected chi connectivity index (χ0v) is 10.5. The molecule has 1 aliphatic carbocycles. The molecule has 2 nitrogen and oxygen atoms in total. The van der Waals surface area contributed by atoms with E-state index < -0.39 is 0 Å². The molecule has 0 amide bonds. The van der Waals surface area contributed by atoms with Gasteiger partial charge < -0.3 is 4.74 Å². The number of ether oxygens (including phenoxy) is 1. The van der Waals surface area contributed by atoms with Crippen LogP contribution in [0.1, 0.15) is 33.8 Å². The first-order valence-electron chi connectivity index (χ1n) is 6.15. The third-order valence-electron chi connectivity index (χ3n) is 3.60. The second-order valence-corrected chi connectivity index (χ2v) is 4.68. The Morgan fingerprint density at radius 2 is 1.89 bits per heavy atom.